The molecular formula is C11H22O2. The second kappa shape index (κ2) is 4.97. The molecule has 2 nitrogen and oxygen atoms in total. The molecule has 4 unspecified atom stereocenters. The Bertz CT molecular complexity index is 145. The maximum atomic E-state index is 9.86. The van der Waals surface area contributed by atoms with E-state index in [1.807, 2.05) is 13.8 Å². The molecule has 1 aliphatic rings. The van der Waals surface area contributed by atoms with Gasteiger partial charge in [0.1, 0.15) is 0 Å². The predicted octanol–water partition coefficient (Wildman–Crippen LogP) is 1.94. The van der Waals surface area contributed by atoms with Crippen molar-refractivity contribution in [1.29, 1.82) is 0 Å². The lowest BCUT2D eigenvalue weighted by Crippen LogP contribution is -2.31. The van der Waals surface area contributed by atoms with Crippen LogP contribution in [-0.4, -0.2) is 22.4 Å². The van der Waals surface area contributed by atoms with Gasteiger partial charge in [-0.3, -0.25) is 0 Å². The van der Waals surface area contributed by atoms with Crippen molar-refractivity contribution in [3.05, 3.63) is 0 Å². The lowest BCUT2D eigenvalue weighted by atomic mass is 9.82. The summed E-state index contributed by atoms with van der Waals surface area (Å²) in [5.41, 5.74) is 0. The molecule has 0 amide bonds. The lowest BCUT2D eigenvalue weighted by Gasteiger charge is -2.28. The first-order chi connectivity index (χ1) is 6.13. The Morgan fingerprint density at radius 2 is 1.69 bits per heavy atom. The van der Waals surface area contributed by atoms with E-state index in [4.69, 9.17) is 0 Å². The summed E-state index contributed by atoms with van der Waals surface area (Å²) in [6.07, 6.45) is 5.10. The molecule has 13 heavy (non-hydrogen) atoms. The largest absolute Gasteiger partial charge is 0.393 e. The van der Waals surface area contributed by atoms with Gasteiger partial charge in [0.15, 0.2) is 0 Å². The van der Waals surface area contributed by atoms with Gasteiger partial charge in [-0.1, -0.05) is 26.2 Å². The predicted molar refractivity (Wildman–Crippen MR) is 53.4 cm³/mol. The third kappa shape index (κ3) is 2.96. The third-order valence-electron chi connectivity index (χ3n) is 3.47. The normalized spacial score (nSPS) is 35.1. The van der Waals surface area contributed by atoms with E-state index in [1.165, 1.54) is 12.8 Å². The van der Waals surface area contributed by atoms with Crippen LogP contribution in [0.2, 0.25) is 0 Å². The number of aliphatic hydroxyl groups is 2. The van der Waals surface area contributed by atoms with Crippen molar-refractivity contribution in [2.45, 2.75) is 58.2 Å². The van der Waals surface area contributed by atoms with Crippen molar-refractivity contribution in [3.8, 4) is 0 Å². The van der Waals surface area contributed by atoms with Crippen LogP contribution in [-0.2, 0) is 0 Å². The Morgan fingerprint density at radius 1 is 1.08 bits per heavy atom. The first kappa shape index (κ1) is 11.0. The van der Waals surface area contributed by atoms with Crippen molar-refractivity contribution in [2.24, 2.45) is 11.8 Å². The smallest absolute Gasteiger partial charge is 0.0571 e. The van der Waals surface area contributed by atoms with E-state index >= 15 is 0 Å². The molecule has 0 aliphatic heterocycles. The van der Waals surface area contributed by atoms with Crippen molar-refractivity contribution < 1.29 is 10.2 Å². The van der Waals surface area contributed by atoms with Gasteiger partial charge in [-0.15, -0.1) is 0 Å². The fourth-order valence-electron chi connectivity index (χ4n) is 2.29. The van der Waals surface area contributed by atoms with Crippen molar-refractivity contribution in [2.75, 3.05) is 0 Å². The van der Waals surface area contributed by atoms with Crippen LogP contribution < -0.4 is 0 Å². The van der Waals surface area contributed by atoms with E-state index in [2.05, 4.69) is 0 Å². The molecular weight excluding hydrogens is 164 g/mol. The van der Waals surface area contributed by atoms with E-state index in [-0.39, 0.29) is 18.1 Å². The SMILES string of the molecule is CC(O)C(C)C1CCCCCC1O. The molecule has 0 aromatic rings. The molecule has 2 heteroatoms. The molecule has 1 fully saturated rings. The van der Waals surface area contributed by atoms with Crippen LogP contribution >= 0.6 is 0 Å². The highest BCUT2D eigenvalue weighted by atomic mass is 16.3. The van der Waals surface area contributed by atoms with Crippen molar-refractivity contribution in [3.63, 3.8) is 0 Å². The van der Waals surface area contributed by atoms with E-state index in [9.17, 15) is 10.2 Å². The van der Waals surface area contributed by atoms with Crippen LogP contribution in [0.5, 0.6) is 0 Å². The zero-order chi connectivity index (χ0) is 9.84. The van der Waals surface area contributed by atoms with E-state index in [1.54, 1.807) is 0 Å². The zero-order valence-corrected chi connectivity index (χ0v) is 8.74. The van der Waals surface area contributed by atoms with Gasteiger partial charge in [0, 0.05) is 0 Å². The molecule has 1 rings (SSSR count). The average molecular weight is 186 g/mol. The molecule has 0 aromatic heterocycles. The molecule has 0 saturated heterocycles. The summed E-state index contributed by atoms with van der Waals surface area (Å²) in [6, 6.07) is 0. The number of hydrogen-bond donors (Lipinski definition) is 2. The molecule has 0 aromatic carbocycles. The van der Waals surface area contributed by atoms with Gasteiger partial charge in [-0.05, 0) is 31.6 Å². The maximum Gasteiger partial charge on any atom is 0.0571 e. The molecule has 2 N–H and O–H groups in total. The second-order valence-electron chi connectivity index (χ2n) is 4.47. The number of hydrogen-bond acceptors (Lipinski definition) is 2. The second-order valence-corrected chi connectivity index (χ2v) is 4.47. The van der Waals surface area contributed by atoms with Gasteiger partial charge < -0.3 is 10.2 Å². The third-order valence-corrected chi connectivity index (χ3v) is 3.47. The van der Waals surface area contributed by atoms with Crippen LogP contribution in [0.3, 0.4) is 0 Å². The Hall–Kier alpha value is -0.0800. The summed E-state index contributed by atoms with van der Waals surface area (Å²) in [5.74, 6) is 0.538. The molecule has 0 spiro atoms. The Morgan fingerprint density at radius 3 is 2.31 bits per heavy atom. The van der Waals surface area contributed by atoms with E-state index in [0.717, 1.165) is 19.3 Å². The quantitative estimate of drug-likeness (QED) is 0.647. The topological polar surface area (TPSA) is 40.5 Å². The molecule has 4 atom stereocenters. The molecule has 0 heterocycles. The van der Waals surface area contributed by atoms with Crippen LogP contribution in [0.25, 0.3) is 0 Å². The highest BCUT2D eigenvalue weighted by molar-refractivity contribution is 4.79. The summed E-state index contributed by atoms with van der Waals surface area (Å²) >= 11 is 0. The van der Waals surface area contributed by atoms with Crippen molar-refractivity contribution >= 4 is 0 Å². The molecule has 78 valence electrons. The van der Waals surface area contributed by atoms with E-state index < -0.39 is 0 Å². The average Bonchev–Trinajstić information content (AvgIpc) is 2.28. The summed E-state index contributed by atoms with van der Waals surface area (Å²) in [6.45, 7) is 3.87. The van der Waals surface area contributed by atoms with Crippen LogP contribution in [0.4, 0.5) is 0 Å². The Kier molecular flexibility index (Phi) is 4.20. The van der Waals surface area contributed by atoms with Gasteiger partial charge >= 0.3 is 0 Å². The number of rotatable bonds is 2. The van der Waals surface area contributed by atoms with Gasteiger partial charge in [0.2, 0.25) is 0 Å². The summed E-state index contributed by atoms with van der Waals surface area (Å²) in [7, 11) is 0. The van der Waals surface area contributed by atoms with Crippen LogP contribution in [0, 0.1) is 11.8 Å². The minimum absolute atomic E-state index is 0.188. The summed E-state index contributed by atoms with van der Waals surface area (Å²) in [4.78, 5) is 0. The minimum atomic E-state index is -0.294. The Labute approximate surface area is 81.0 Å². The fraction of sp³-hybridized carbons (Fsp3) is 1.00. The van der Waals surface area contributed by atoms with Crippen molar-refractivity contribution in [1.82, 2.24) is 0 Å². The monoisotopic (exact) mass is 186 g/mol. The molecule has 0 radical (unpaired) electrons. The minimum Gasteiger partial charge on any atom is -0.393 e. The molecule has 1 saturated carbocycles. The van der Waals surface area contributed by atoms with Gasteiger partial charge in [-0.2, -0.15) is 0 Å². The summed E-state index contributed by atoms with van der Waals surface area (Å²) < 4.78 is 0. The maximum absolute atomic E-state index is 9.86. The molecule has 1 aliphatic carbocycles. The Balaban J connectivity index is 2.53. The standard InChI is InChI=1S/C11H22O2/c1-8(9(2)12)10-6-4-3-5-7-11(10)13/h8-13H,3-7H2,1-2H3. The fourth-order valence-corrected chi connectivity index (χ4v) is 2.29. The first-order valence-electron chi connectivity index (χ1n) is 5.49. The zero-order valence-electron chi connectivity index (χ0n) is 8.74. The highest BCUT2D eigenvalue weighted by Crippen LogP contribution is 2.30. The van der Waals surface area contributed by atoms with Crippen LogP contribution in [0.15, 0.2) is 0 Å². The number of aliphatic hydroxyl groups excluding tert-OH is 2. The van der Waals surface area contributed by atoms with E-state index in [0.29, 0.717) is 5.92 Å². The highest BCUT2D eigenvalue weighted by Gasteiger charge is 2.28. The van der Waals surface area contributed by atoms with Crippen LogP contribution in [0.1, 0.15) is 46.0 Å². The van der Waals surface area contributed by atoms with Gasteiger partial charge in [-0.25, -0.2) is 0 Å². The lowest BCUT2D eigenvalue weighted by molar-refractivity contribution is 0.0187. The first-order valence-corrected chi connectivity index (χ1v) is 5.49. The molecule has 0 bridgehead atoms. The van der Waals surface area contributed by atoms with Gasteiger partial charge in [0.05, 0.1) is 12.2 Å². The van der Waals surface area contributed by atoms with Gasteiger partial charge in [0.25, 0.3) is 0 Å². The summed E-state index contributed by atoms with van der Waals surface area (Å²) in [5, 5.41) is 19.3.